The third-order valence-corrected chi connectivity index (χ3v) is 4.23. The molecule has 0 bridgehead atoms. The summed E-state index contributed by atoms with van der Waals surface area (Å²) in [5, 5.41) is 16.2. The molecule has 116 valence electrons. The Balaban J connectivity index is 1.83. The van der Waals surface area contributed by atoms with Gasteiger partial charge in [0.05, 0.1) is 17.2 Å². The molecule has 0 spiro atoms. The summed E-state index contributed by atoms with van der Waals surface area (Å²) in [7, 11) is 1.81. The van der Waals surface area contributed by atoms with Crippen LogP contribution in [0.1, 0.15) is 48.7 Å². The number of amides is 1. The van der Waals surface area contributed by atoms with Gasteiger partial charge in [-0.05, 0) is 38.0 Å². The highest BCUT2D eigenvalue weighted by Crippen LogP contribution is 2.28. The smallest absolute Gasteiger partial charge is 0.306 e. The standard InChI is InChI=1S/C15H23N3O3/c1-3-13-12(9-18(2)17-13)14(19)16-8-10-4-6-11(7-5-10)15(20)21/h9-11H,3-8H2,1-2H3,(H,16,19)(H,20,21). The second kappa shape index (κ2) is 6.74. The van der Waals surface area contributed by atoms with E-state index in [-0.39, 0.29) is 11.8 Å². The predicted octanol–water partition coefficient (Wildman–Crippen LogP) is 1.60. The molecule has 1 aromatic heterocycles. The van der Waals surface area contributed by atoms with Crippen molar-refractivity contribution in [1.82, 2.24) is 15.1 Å². The molecule has 2 N–H and O–H groups in total. The van der Waals surface area contributed by atoms with Crippen LogP contribution in [0.25, 0.3) is 0 Å². The van der Waals surface area contributed by atoms with Gasteiger partial charge >= 0.3 is 5.97 Å². The number of nitrogens with one attached hydrogen (secondary N) is 1. The van der Waals surface area contributed by atoms with Crippen molar-refractivity contribution >= 4 is 11.9 Å². The van der Waals surface area contributed by atoms with Gasteiger partial charge in [-0.15, -0.1) is 0 Å². The van der Waals surface area contributed by atoms with Crippen LogP contribution in [0.2, 0.25) is 0 Å². The molecule has 1 fully saturated rings. The molecule has 0 aliphatic heterocycles. The summed E-state index contributed by atoms with van der Waals surface area (Å²) in [5.41, 5.74) is 1.45. The number of hydrogen-bond donors (Lipinski definition) is 2. The lowest BCUT2D eigenvalue weighted by Crippen LogP contribution is -2.32. The summed E-state index contributed by atoms with van der Waals surface area (Å²) >= 11 is 0. The Morgan fingerprint density at radius 1 is 1.38 bits per heavy atom. The van der Waals surface area contributed by atoms with Crippen LogP contribution in [0.4, 0.5) is 0 Å². The van der Waals surface area contributed by atoms with E-state index in [1.54, 1.807) is 10.9 Å². The maximum absolute atomic E-state index is 12.2. The predicted molar refractivity (Wildman–Crippen MR) is 78.0 cm³/mol. The number of aromatic nitrogens is 2. The monoisotopic (exact) mass is 293 g/mol. The molecular formula is C15H23N3O3. The highest BCUT2D eigenvalue weighted by Gasteiger charge is 2.26. The molecule has 21 heavy (non-hydrogen) atoms. The third-order valence-electron chi connectivity index (χ3n) is 4.23. The normalized spacial score (nSPS) is 22.0. The highest BCUT2D eigenvalue weighted by molar-refractivity contribution is 5.95. The van der Waals surface area contributed by atoms with Crippen LogP contribution in [0.3, 0.4) is 0 Å². The molecule has 6 heteroatoms. The molecule has 0 unspecified atom stereocenters. The number of aryl methyl sites for hydroxylation is 2. The third kappa shape index (κ3) is 3.83. The molecule has 0 atom stereocenters. The molecule has 6 nitrogen and oxygen atoms in total. The van der Waals surface area contributed by atoms with Gasteiger partial charge in [0, 0.05) is 19.8 Å². The van der Waals surface area contributed by atoms with Crippen molar-refractivity contribution in [3.63, 3.8) is 0 Å². The van der Waals surface area contributed by atoms with E-state index in [9.17, 15) is 9.59 Å². The van der Waals surface area contributed by atoms with Crippen molar-refractivity contribution < 1.29 is 14.7 Å². The summed E-state index contributed by atoms with van der Waals surface area (Å²) in [6.45, 7) is 2.59. The average molecular weight is 293 g/mol. The SMILES string of the molecule is CCc1nn(C)cc1C(=O)NCC1CCC(C(=O)O)CC1. The molecular weight excluding hydrogens is 270 g/mol. The van der Waals surface area contributed by atoms with Gasteiger partial charge in [-0.25, -0.2) is 0 Å². The Hall–Kier alpha value is -1.85. The van der Waals surface area contributed by atoms with E-state index < -0.39 is 5.97 Å². The van der Waals surface area contributed by atoms with E-state index in [0.717, 1.165) is 25.0 Å². The molecule has 1 aromatic rings. The number of hydrogen-bond acceptors (Lipinski definition) is 3. The van der Waals surface area contributed by atoms with Crippen LogP contribution in [-0.4, -0.2) is 33.3 Å². The number of carboxylic acids is 1. The lowest BCUT2D eigenvalue weighted by atomic mass is 9.82. The molecule has 2 rings (SSSR count). The van der Waals surface area contributed by atoms with Gasteiger partial charge < -0.3 is 10.4 Å². The molecule has 1 aliphatic carbocycles. The number of carboxylic acid groups (broad SMARTS) is 1. The number of carbonyl (C=O) groups is 2. The van der Waals surface area contributed by atoms with E-state index >= 15 is 0 Å². The fraction of sp³-hybridized carbons (Fsp3) is 0.667. The summed E-state index contributed by atoms with van der Waals surface area (Å²) in [5.74, 6) is -0.603. The van der Waals surface area contributed by atoms with E-state index in [1.807, 2.05) is 14.0 Å². The van der Waals surface area contributed by atoms with Crippen LogP contribution >= 0.6 is 0 Å². The number of carbonyl (C=O) groups excluding carboxylic acids is 1. The van der Waals surface area contributed by atoms with E-state index in [0.29, 0.717) is 30.9 Å². The zero-order chi connectivity index (χ0) is 15.4. The van der Waals surface area contributed by atoms with Gasteiger partial charge in [-0.2, -0.15) is 5.10 Å². The molecule has 1 aliphatic rings. The van der Waals surface area contributed by atoms with Crippen molar-refractivity contribution in [2.75, 3.05) is 6.54 Å². The van der Waals surface area contributed by atoms with Gasteiger partial charge in [-0.1, -0.05) is 6.92 Å². The number of aliphatic carboxylic acids is 1. The maximum atomic E-state index is 12.2. The lowest BCUT2D eigenvalue weighted by Gasteiger charge is -2.26. The van der Waals surface area contributed by atoms with Crippen LogP contribution in [0.15, 0.2) is 6.20 Å². The Bertz CT molecular complexity index is 516. The molecule has 0 radical (unpaired) electrons. The van der Waals surface area contributed by atoms with Crippen LogP contribution in [0, 0.1) is 11.8 Å². The van der Waals surface area contributed by atoms with Crippen LogP contribution in [-0.2, 0) is 18.3 Å². The Kier molecular flexibility index (Phi) is 4.98. The highest BCUT2D eigenvalue weighted by atomic mass is 16.4. The largest absolute Gasteiger partial charge is 0.481 e. The minimum Gasteiger partial charge on any atom is -0.481 e. The van der Waals surface area contributed by atoms with Crippen molar-refractivity contribution in [2.45, 2.75) is 39.0 Å². The summed E-state index contributed by atoms with van der Waals surface area (Å²) in [6.07, 6.45) is 5.63. The van der Waals surface area contributed by atoms with Gasteiger partial charge in [0.1, 0.15) is 0 Å². The van der Waals surface area contributed by atoms with Gasteiger partial charge in [0.15, 0.2) is 0 Å². The quantitative estimate of drug-likeness (QED) is 0.863. The Labute approximate surface area is 124 Å². The first-order valence-electron chi connectivity index (χ1n) is 7.54. The zero-order valence-corrected chi connectivity index (χ0v) is 12.6. The topological polar surface area (TPSA) is 84.2 Å². The van der Waals surface area contributed by atoms with E-state index in [1.165, 1.54) is 0 Å². The van der Waals surface area contributed by atoms with E-state index in [2.05, 4.69) is 10.4 Å². The van der Waals surface area contributed by atoms with Crippen molar-refractivity contribution in [3.8, 4) is 0 Å². The first-order chi connectivity index (χ1) is 10.0. The summed E-state index contributed by atoms with van der Waals surface area (Å²) in [4.78, 5) is 23.1. The minimum atomic E-state index is -0.694. The van der Waals surface area contributed by atoms with Gasteiger partial charge in [0.25, 0.3) is 5.91 Å². The molecule has 0 aromatic carbocycles. The summed E-state index contributed by atoms with van der Waals surface area (Å²) < 4.78 is 1.66. The maximum Gasteiger partial charge on any atom is 0.306 e. The molecule has 1 saturated carbocycles. The number of rotatable bonds is 5. The fourth-order valence-corrected chi connectivity index (χ4v) is 2.93. The second-order valence-corrected chi connectivity index (χ2v) is 5.78. The first kappa shape index (κ1) is 15.5. The molecule has 0 saturated heterocycles. The molecule has 1 amide bonds. The van der Waals surface area contributed by atoms with Gasteiger partial charge in [-0.3, -0.25) is 14.3 Å². The Morgan fingerprint density at radius 2 is 2.05 bits per heavy atom. The van der Waals surface area contributed by atoms with E-state index in [4.69, 9.17) is 5.11 Å². The lowest BCUT2D eigenvalue weighted by molar-refractivity contribution is -0.143. The van der Waals surface area contributed by atoms with Crippen molar-refractivity contribution in [3.05, 3.63) is 17.5 Å². The Morgan fingerprint density at radius 3 is 2.62 bits per heavy atom. The molecule has 1 heterocycles. The van der Waals surface area contributed by atoms with Crippen molar-refractivity contribution in [2.24, 2.45) is 18.9 Å². The fourth-order valence-electron chi connectivity index (χ4n) is 2.93. The van der Waals surface area contributed by atoms with Crippen LogP contribution < -0.4 is 5.32 Å². The number of nitrogens with zero attached hydrogens (tertiary/aromatic N) is 2. The van der Waals surface area contributed by atoms with Crippen molar-refractivity contribution in [1.29, 1.82) is 0 Å². The second-order valence-electron chi connectivity index (χ2n) is 5.78. The first-order valence-corrected chi connectivity index (χ1v) is 7.54. The zero-order valence-electron chi connectivity index (χ0n) is 12.6. The minimum absolute atomic E-state index is 0.0830. The summed E-state index contributed by atoms with van der Waals surface area (Å²) in [6, 6.07) is 0. The van der Waals surface area contributed by atoms with Gasteiger partial charge in [0.2, 0.25) is 0 Å². The average Bonchev–Trinajstić information content (AvgIpc) is 2.86. The van der Waals surface area contributed by atoms with Crippen LogP contribution in [0.5, 0.6) is 0 Å².